The summed E-state index contributed by atoms with van der Waals surface area (Å²) in [6, 6.07) is 12.3. The Labute approximate surface area is 126 Å². The molecule has 0 atom stereocenters. The smallest absolute Gasteiger partial charge is 0.228 e. The van der Waals surface area contributed by atoms with Gasteiger partial charge in [-0.3, -0.25) is 4.79 Å². The van der Waals surface area contributed by atoms with Crippen LogP contribution in [0.5, 0.6) is 5.75 Å². The van der Waals surface area contributed by atoms with Crippen LogP contribution in [-0.4, -0.2) is 16.0 Å². The van der Waals surface area contributed by atoms with Gasteiger partial charge in [-0.25, -0.2) is 0 Å². The van der Waals surface area contributed by atoms with E-state index in [2.05, 4.69) is 10.3 Å². The highest BCUT2D eigenvalue weighted by Crippen LogP contribution is 2.26. The van der Waals surface area contributed by atoms with Gasteiger partial charge in [0.1, 0.15) is 5.75 Å². The lowest BCUT2D eigenvalue weighted by molar-refractivity contribution is -0.115. The van der Waals surface area contributed by atoms with Crippen LogP contribution in [0.3, 0.4) is 0 Å². The van der Waals surface area contributed by atoms with E-state index >= 15 is 0 Å². The Kier molecular flexibility index (Phi) is 3.54. The van der Waals surface area contributed by atoms with Gasteiger partial charge in [-0.15, -0.1) is 0 Å². The van der Waals surface area contributed by atoms with E-state index in [9.17, 15) is 9.90 Å². The molecule has 0 radical (unpaired) electrons. The third-order valence-electron chi connectivity index (χ3n) is 3.22. The molecule has 106 valence electrons. The van der Waals surface area contributed by atoms with Crippen LogP contribution in [-0.2, 0) is 11.2 Å². The number of amides is 1. The minimum absolute atomic E-state index is 0.00571. The molecule has 0 unspecified atom stereocenters. The number of hydrogen-bond donors (Lipinski definition) is 3. The molecule has 1 heterocycles. The Morgan fingerprint density at radius 1 is 1.19 bits per heavy atom. The summed E-state index contributed by atoms with van der Waals surface area (Å²) in [5.41, 5.74) is 2.25. The first kappa shape index (κ1) is 13.5. The lowest BCUT2D eigenvalue weighted by Gasteiger charge is -2.08. The van der Waals surface area contributed by atoms with Crippen molar-refractivity contribution in [3.05, 3.63) is 59.2 Å². The maximum atomic E-state index is 12.0. The number of carbonyl (C=O) groups is 1. The lowest BCUT2D eigenvalue weighted by Crippen LogP contribution is -2.14. The lowest BCUT2D eigenvalue weighted by atomic mass is 10.1. The number of anilines is 1. The Hall–Kier alpha value is -2.46. The van der Waals surface area contributed by atoms with E-state index in [1.807, 2.05) is 30.5 Å². The predicted octanol–water partition coefficient (Wildman–Crippen LogP) is 3.71. The molecule has 0 saturated heterocycles. The van der Waals surface area contributed by atoms with Crippen molar-refractivity contribution in [3.63, 3.8) is 0 Å². The number of benzene rings is 2. The molecular weight excluding hydrogens is 288 g/mol. The van der Waals surface area contributed by atoms with Crippen molar-refractivity contribution in [3.8, 4) is 5.75 Å². The van der Waals surface area contributed by atoms with Gasteiger partial charge in [-0.2, -0.15) is 0 Å². The highest BCUT2D eigenvalue weighted by Gasteiger charge is 2.08. The van der Waals surface area contributed by atoms with Gasteiger partial charge < -0.3 is 15.4 Å². The molecule has 21 heavy (non-hydrogen) atoms. The first-order valence-corrected chi connectivity index (χ1v) is 6.84. The fourth-order valence-electron chi connectivity index (χ4n) is 2.20. The molecule has 0 aliphatic heterocycles. The normalized spacial score (nSPS) is 10.7. The van der Waals surface area contributed by atoms with Crippen LogP contribution in [0.1, 0.15) is 5.56 Å². The Balaban J connectivity index is 1.75. The predicted molar refractivity (Wildman–Crippen MR) is 83.7 cm³/mol. The molecule has 0 spiro atoms. The molecule has 1 aromatic heterocycles. The molecule has 3 N–H and O–H groups in total. The summed E-state index contributed by atoms with van der Waals surface area (Å²) in [7, 11) is 0. The average Bonchev–Trinajstić information content (AvgIpc) is 2.90. The Morgan fingerprint density at radius 2 is 2.05 bits per heavy atom. The molecule has 4 nitrogen and oxygen atoms in total. The summed E-state index contributed by atoms with van der Waals surface area (Å²) in [6.07, 6.45) is 2.09. The minimum Gasteiger partial charge on any atom is -0.506 e. The highest BCUT2D eigenvalue weighted by molar-refractivity contribution is 6.31. The van der Waals surface area contributed by atoms with E-state index in [0.717, 1.165) is 16.5 Å². The largest absolute Gasteiger partial charge is 0.506 e. The molecule has 0 aliphatic carbocycles. The zero-order valence-electron chi connectivity index (χ0n) is 11.1. The monoisotopic (exact) mass is 300 g/mol. The van der Waals surface area contributed by atoms with E-state index in [1.165, 1.54) is 12.1 Å². The fourth-order valence-corrected chi connectivity index (χ4v) is 2.37. The molecule has 0 aliphatic rings. The summed E-state index contributed by atoms with van der Waals surface area (Å²) in [4.78, 5) is 15.2. The molecular formula is C16H13ClN2O2. The molecule has 3 rings (SSSR count). The first-order valence-electron chi connectivity index (χ1n) is 6.46. The number of halogens is 1. The second-order valence-corrected chi connectivity index (χ2v) is 5.22. The standard InChI is InChI=1S/C16H13ClN2O2/c17-12-2-4-15(20)14(9-12)19-16(21)8-10-1-3-13-11(7-10)5-6-18-13/h1-7,9,18,20H,8H2,(H,19,21). The number of carbonyl (C=O) groups excluding carboxylic acids is 1. The highest BCUT2D eigenvalue weighted by atomic mass is 35.5. The van der Waals surface area contributed by atoms with Crippen molar-refractivity contribution in [1.29, 1.82) is 0 Å². The summed E-state index contributed by atoms with van der Waals surface area (Å²) < 4.78 is 0. The number of aromatic amines is 1. The number of aromatic nitrogens is 1. The van der Waals surface area contributed by atoms with Gasteiger partial charge in [0.25, 0.3) is 0 Å². The second kappa shape index (κ2) is 5.50. The van der Waals surface area contributed by atoms with Crippen molar-refractivity contribution in [1.82, 2.24) is 4.98 Å². The number of fused-ring (bicyclic) bond motifs is 1. The molecule has 0 bridgehead atoms. The molecule has 2 aromatic carbocycles. The quantitative estimate of drug-likeness (QED) is 0.646. The SMILES string of the molecule is O=C(Cc1ccc2[nH]ccc2c1)Nc1cc(Cl)ccc1O. The van der Waals surface area contributed by atoms with Crippen molar-refractivity contribution >= 4 is 34.1 Å². The Morgan fingerprint density at radius 3 is 2.90 bits per heavy atom. The van der Waals surface area contributed by atoms with E-state index in [0.29, 0.717) is 10.7 Å². The number of phenols is 1. The number of rotatable bonds is 3. The first-order chi connectivity index (χ1) is 10.1. The van der Waals surface area contributed by atoms with Gasteiger partial charge in [0.15, 0.2) is 0 Å². The van der Waals surface area contributed by atoms with Crippen molar-refractivity contribution < 1.29 is 9.90 Å². The molecule has 0 saturated carbocycles. The van der Waals surface area contributed by atoms with Crippen molar-refractivity contribution in [2.45, 2.75) is 6.42 Å². The third-order valence-corrected chi connectivity index (χ3v) is 3.45. The van der Waals surface area contributed by atoms with Gasteiger partial charge in [0, 0.05) is 16.7 Å². The maximum absolute atomic E-state index is 12.0. The van der Waals surface area contributed by atoms with Gasteiger partial charge >= 0.3 is 0 Å². The summed E-state index contributed by atoms with van der Waals surface area (Å²) in [5.74, 6) is -0.212. The van der Waals surface area contributed by atoms with Crippen LogP contribution in [0.15, 0.2) is 48.7 Å². The summed E-state index contributed by atoms with van der Waals surface area (Å²) >= 11 is 5.85. The zero-order valence-corrected chi connectivity index (χ0v) is 11.8. The molecule has 5 heteroatoms. The number of phenolic OH excluding ortho intramolecular Hbond substituents is 1. The molecule has 0 fully saturated rings. The topological polar surface area (TPSA) is 65.1 Å². The van der Waals surface area contributed by atoms with Crippen LogP contribution >= 0.6 is 11.6 Å². The van der Waals surface area contributed by atoms with Gasteiger partial charge in [-0.1, -0.05) is 17.7 Å². The van der Waals surface area contributed by atoms with Gasteiger partial charge in [-0.05, 0) is 47.3 Å². The number of nitrogens with one attached hydrogen (secondary N) is 2. The fraction of sp³-hybridized carbons (Fsp3) is 0.0625. The van der Waals surface area contributed by atoms with E-state index in [1.54, 1.807) is 6.07 Å². The number of hydrogen-bond acceptors (Lipinski definition) is 2. The van der Waals surface area contributed by atoms with Gasteiger partial charge in [0.2, 0.25) is 5.91 Å². The molecule has 3 aromatic rings. The van der Waals surface area contributed by atoms with E-state index in [4.69, 9.17) is 11.6 Å². The van der Waals surface area contributed by atoms with Crippen molar-refractivity contribution in [2.75, 3.05) is 5.32 Å². The zero-order chi connectivity index (χ0) is 14.8. The number of aromatic hydroxyl groups is 1. The van der Waals surface area contributed by atoms with E-state index in [-0.39, 0.29) is 18.1 Å². The van der Waals surface area contributed by atoms with Crippen LogP contribution < -0.4 is 5.32 Å². The van der Waals surface area contributed by atoms with Gasteiger partial charge in [0.05, 0.1) is 12.1 Å². The molecule has 1 amide bonds. The Bertz CT molecular complexity index is 811. The second-order valence-electron chi connectivity index (χ2n) is 4.79. The van der Waals surface area contributed by atoms with E-state index < -0.39 is 0 Å². The van der Waals surface area contributed by atoms with Crippen LogP contribution in [0.2, 0.25) is 5.02 Å². The third kappa shape index (κ3) is 3.01. The van der Waals surface area contributed by atoms with Crippen molar-refractivity contribution in [2.24, 2.45) is 0 Å². The maximum Gasteiger partial charge on any atom is 0.228 e. The summed E-state index contributed by atoms with van der Waals surface area (Å²) in [6.45, 7) is 0. The minimum atomic E-state index is -0.206. The van der Waals surface area contributed by atoms with Crippen LogP contribution in [0, 0.1) is 0 Å². The summed E-state index contributed by atoms with van der Waals surface area (Å²) in [5, 5.41) is 13.9. The van der Waals surface area contributed by atoms with Crippen LogP contribution in [0.25, 0.3) is 10.9 Å². The van der Waals surface area contributed by atoms with Crippen LogP contribution in [0.4, 0.5) is 5.69 Å². The number of H-pyrrole nitrogens is 1. The average molecular weight is 301 g/mol.